The van der Waals surface area contributed by atoms with E-state index in [1.165, 1.54) is 46.2 Å². The second-order valence-corrected chi connectivity index (χ2v) is 10.7. The third-order valence-electron chi connectivity index (χ3n) is 7.01. The van der Waals surface area contributed by atoms with E-state index in [0.717, 1.165) is 9.47 Å². The molecule has 1 saturated heterocycles. The number of pyridine rings is 1. The number of nitrogens with one attached hydrogen (secondary N) is 1. The van der Waals surface area contributed by atoms with Gasteiger partial charge in [-0.25, -0.2) is 24.7 Å². The van der Waals surface area contributed by atoms with Crippen LogP contribution in [0.3, 0.4) is 0 Å². The van der Waals surface area contributed by atoms with Crippen molar-refractivity contribution in [2.45, 2.75) is 38.1 Å². The highest BCUT2D eigenvalue weighted by molar-refractivity contribution is 7.13. The maximum atomic E-state index is 13.3. The minimum absolute atomic E-state index is 0.00155. The number of aromatic nitrogens is 8. The lowest BCUT2D eigenvalue weighted by atomic mass is 10.2. The van der Waals surface area contributed by atoms with Crippen molar-refractivity contribution < 1.29 is 18.0 Å². The maximum absolute atomic E-state index is 13.3. The van der Waals surface area contributed by atoms with E-state index >= 15 is 0 Å². The molecule has 17 heteroatoms. The van der Waals surface area contributed by atoms with Crippen molar-refractivity contribution in [3.05, 3.63) is 75.0 Å². The normalized spacial score (nSPS) is 15.3. The number of alkyl halides is 3. The topological polar surface area (TPSA) is 146 Å². The van der Waals surface area contributed by atoms with Crippen molar-refractivity contribution in [2.24, 2.45) is 7.05 Å². The molecular weight excluding hydrogens is 589 g/mol. The molecule has 43 heavy (non-hydrogen) atoms. The van der Waals surface area contributed by atoms with Crippen LogP contribution in [0.5, 0.6) is 0 Å². The standard InChI is InChI=1S/C26H23F3N10O3S/c1-36-21-20(23(41)39(25(36)42)11-16-5-2-3-7-30-16)37(14-33-21)12-19(40)34-18-13-43-22(35-18)15-9-31-24(32-10-15)38-8-4-6-17(38)26(27,28)29/h2-3,5,7,9-10,13-14,17H,4,6,8,11-12H2,1H3,(H,34,40)/t17-/m0/s1. The Labute approximate surface area is 244 Å². The van der Waals surface area contributed by atoms with Crippen LogP contribution in [-0.4, -0.2) is 63.3 Å². The summed E-state index contributed by atoms with van der Waals surface area (Å²) in [5, 5.41) is 4.71. The van der Waals surface area contributed by atoms with Crippen LogP contribution in [0.1, 0.15) is 18.5 Å². The number of nitrogens with zero attached hydrogens (tertiary/aromatic N) is 9. The Morgan fingerprint density at radius 3 is 2.65 bits per heavy atom. The van der Waals surface area contributed by atoms with Crippen LogP contribution in [-0.2, 0) is 24.9 Å². The lowest BCUT2D eigenvalue weighted by molar-refractivity contribution is -0.146. The predicted octanol–water partition coefficient (Wildman–Crippen LogP) is 2.42. The summed E-state index contributed by atoms with van der Waals surface area (Å²) in [6, 6.07) is 3.56. The average Bonchev–Trinajstić information content (AvgIpc) is 3.75. The Bertz CT molecular complexity index is 1920. The van der Waals surface area contributed by atoms with Crippen molar-refractivity contribution in [3.63, 3.8) is 0 Å². The van der Waals surface area contributed by atoms with E-state index in [1.54, 1.807) is 29.8 Å². The molecule has 222 valence electrons. The van der Waals surface area contributed by atoms with E-state index in [1.807, 2.05) is 0 Å². The van der Waals surface area contributed by atoms with Gasteiger partial charge in [0.1, 0.15) is 23.4 Å². The van der Waals surface area contributed by atoms with Crippen LogP contribution in [0.4, 0.5) is 24.9 Å². The van der Waals surface area contributed by atoms with Crippen molar-refractivity contribution in [1.29, 1.82) is 0 Å². The van der Waals surface area contributed by atoms with E-state index in [4.69, 9.17) is 0 Å². The number of anilines is 2. The molecule has 5 aromatic rings. The largest absolute Gasteiger partial charge is 0.408 e. The first-order chi connectivity index (χ1) is 20.6. The molecule has 1 atom stereocenters. The molecule has 0 saturated carbocycles. The molecule has 13 nitrogen and oxygen atoms in total. The molecule has 1 aliphatic heterocycles. The molecule has 1 N–H and O–H groups in total. The summed E-state index contributed by atoms with van der Waals surface area (Å²) in [5.41, 5.74) is 0.0391. The highest BCUT2D eigenvalue weighted by Crippen LogP contribution is 2.35. The Balaban J connectivity index is 1.17. The summed E-state index contributed by atoms with van der Waals surface area (Å²) in [6.07, 6.45) is 1.71. The van der Waals surface area contributed by atoms with Gasteiger partial charge in [0.15, 0.2) is 11.2 Å². The number of carbonyl (C=O) groups is 1. The first kappa shape index (κ1) is 28.2. The Morgan fingerprint density at radius 1 is 1.14 bits per heavy atom. The van der Waals surface area contributed by atoms with E-state index in [9.17, 15) is 27.6 Å². The van der Waals surface area contributed by atoms with Gasteiger partial charge in [-0.05, 0) is 25.0 Å². The van der Waals surface area contributed by atoms with Gasteiger partial charge in [-0.1, -0.05) is 6.07 Å². The summed E-state index contributed by atoms with van der Waals surface area (Å²) in [6.45, 7) is -0.112. The number of thiazole rings is 1. The first-order valence-electron chi connectivity index (χ1n) is 13.1. The molecule has 1 fully saturated rings. The molecule has 5 aromatic heterocycles. The number of amides is 1. The second-order valence-electron chi connectivity index (χ2n) is 9.85. The van der Waals surface area contributed by atoms with Crippen LogP contribution in [0.15, 0.2) is 58.1 Å². The van der Waals surface area contributed by atoms with E-state index in [-0.39, 0.29) is 49.0 Å². The number of carbonyl (C=O) groups excluding carboxylic acids is 1. The maximum Gasteiger partial charge on any atom is 0.408 e. The summed E-state index contributed by atoms with van der Waals surface area (Å²) >= 11 is 1.19. The van der Waals surface area contributed by atoms with Crippen molar-refractivity contribution in [3.8, 4) is 10.6 Å². The number of halogens is 3. The van der Waals surface area contributed by atoms with Crippen LogP contribution in [0, 0.1) is 0 Å². The van der Waals surface area contributed by atoms with Gasteiger partial charge in [0.05, 0.1) is 18.6 Å². The van der Waals surface area contributed by atoms with Gasteiger partial charge in [-0.2, -0.15) is 13.2 Å². The zero-order valence-electron chi connectivity index (χ0n) is 22.5. The van der Waals surface area contributed by atoms with Crippen LogP contribution < -0.4 is 21.5 Å². The monoisotopic (exact) mass is 612 g/mol. The molecule has 0 radical (unpaired) electrons. The number of fused-ring (bicyclic) bond motifs is 1. The van der Waals surface area contributed by atoms with Gasteiger partial charge in [0.2, 0.25) is 11.9 Å². The number of imidazole rings is 1. The quantitative estimate of drug-likeness (QED) is 0.293. The number of hydrogen-bond acceptors (Lipinski definition) is 10. The second kappa shape index (κ2) is 11.0. The zero-order chi connectivity index (χ0) is 30.3. The molecular formula is C26H23F3N10O3S. The molecule has 0 aliphatic carbocycles. The molecule has 6 heterocycles. The van der Waals surface area contributed by atoms with Gasteiger partial charge < -0.3 is 14.8 Å². The van der Waals surface area contributed by atoms with Gasteiger partial charge in [-0.3, -0.25) is 23.7 Å². The number of rotatable bonds is 7. The Kier molecular flexibility index (Phi) is 7.25. The predicted molar refractivity (Wildman–Crippen MR) is 151 cm³/mol. The highest BCUT2D eigenvalue weighted by atomic mass is 32.1. The number of aryl methyl sites for hydroxylation is 1. The minimum Gasteiger partial charge on any atom is -0.329 e. The highest BCUT2D eigenvalue weighted by Gasteiger charge is 2.46. The fourth-order valence-corrected chi connectivity index (χ4v) is 5.69. The fourth-order valence-electron chi connectivity index (χ4n) is 4.96. The van der Waals surface area contributed by atoms with Crippen molar-refractivity contribution in [2.75, 3.05) is 16.8 Å². The van der Waals surface area contributed by atoms with Crippen LogP contribution in [0.2, 0.25) is 0 Å². The van der Waals surface area contributed by atoms with Crippen molar-refractivity contribution in [1.82, 2.24) is 38.6 Å². The van der Waals surface area contributed by atoms with Gasteiger partial charge in [0, 0.05) is 43.1 Å². The van der Waals surface area contributed by atoms with E-state index in [0.29, 0.717) is 22.7 Å². The molecule has 0 bridgehead atoms. The molecule has 0 unspecified atom stereocenters. The Hall–Kier alpha value is -4.93. The molecule has 6 rings (SSSR count). The van der Waals surface area contributed by atoms with Gasteiger partial charge in [-0.15, -0.1) is 11.3 Å². The fraction of sp³-hybridized carbons (Fsp3) is 0.308. The minimum atomic E-state index is -4.36. The third-order valence-corrected chi connectivity index (χ3v) is 7.90. The zero-order valence-corrected chi connectivity index (χ0v) is 23.3. The SMILES string of the molecule is Cn1c(=O)n(Cc2ccccn2)c(=O)c2c1ncn2CC(=O)Nc1csc(-c2cnc(N3CCC[C@H]3C(F)(F)F)nc2)n1. The molecule has 0 aromatic carbocycles. The van der Waals surface area contributed by atoms with E-state index < -0.39 is 29.4 Å². The Morgan fingerprint density at radius 2 is 1.93 bits per heavy atom. The number of hydrogen-bond donors (Lipinski definition) is 1. The summed E-state index contributed by atoms with van der Waals surface area (Å²) < 4.78 is 43.6. The van der Waals surface area contributed by atoms with Crippen LogP contribution in [0.25, 0.3) is 21.7 Å². The molecule has 1 aliphatic rings. The summed E-state index contributed by atoms with van der Waals surface area (Å²) in [5.74, 6) is -0.271. The lowest BCUT2D eigenvalue weighted by Gasteiger charge is -2.26. The third kappa shape index (κ3) is 5.50. The van der Waals surface area contributed by atoms with E-state index in [2.05, 4.69) is 30.2 Å². The average molecular weight is 613 g/mol. The molecule has 1 amide bonds. The summed E-state index contributed by atoms with van der Waals surface area (Å²) in [7, 11) is 1.49. The van der Waals surface area contributed by atoms with Gasteiger partial charge >= 0.3 is 11.9 Å². The van der Waals surface area contributed by atoms with Crippen LogP contribution >= 0.6 is 11.3 Å². The smallest absolute Gasteiger partial charge is 0.329 e. The lowest BCUT2D eigenvalue weighted by Crippen LogP contribution is -2.42. The first-order valence-corrected chi connectivity index (χ1v) is 13.9. The molecule has 0 spiro atoms. The van der Waals surface area contributed by atoms with Crippen molar-refractivity contribution >= 4 is 40.2 Å². The van der Waals surface area contributed by atoms with Gasteiger partial charge in [0.25, 0.3) is 5.56 Å². The summed E-state index contributed by atoms with van der Waals surface area (Å²) in [4.78, 5) is 61.2.